The molecule has 0 amide bonds. The molecular formula is C22H25BN2O4. The SMILES string of the molecule is C=C1OB(c2ccc(-c3c(C#N)c(CC)n(C)c3C(=O)OCC)cc2)OC1(C)C. The van der Waals surface area contributed by atoms with Crippen LogP contribution < -0.4 is 5.46 Å². The van der Waals surface area contributed by atoms with Gasteiger partial charge in [-0.3, -0.25) is 0 Å². The van der Waals surface area contributed by atoms with Crippen molar-refractivity contribution >= 4 is 18.6 Å². The quantitative estimate of drug-likeness (QED) is 0.577. The second-order valence-electron chi connectivity index (χ2n) is 7.41. The zero-order valence-corrected chi connectivity index (χ0v) is 17.5. The van der Waals surface area contributed by atoms with Crippen molar-refractivity contribution in [1.82, 2.24) is 4.57 Å². The second kappa shape index (κ2) is 7.80. The van der Waals surface area contributed by atoms with Gasteiger partial charge in [0.25, 0.3) is 0 Å². The van der Waals surface area contributed by atoms with Crippen LogP contribution in [0.2, 0.25) is 0 Å². The van der Waals surface area contributed by atoms with Crippen LogP contribution in [0.5, 0.6) is 0 Å². The van der Waals surface area contributed by atoms with Crippen LogP contribution >= 0.6 is 0 Å². The van der Waals surface area contributed by atoms with E-state index in [9.17, 15) is 10.1 Å². The molecule has 0 bridgehead atoms. The lowest BCUT2D eigenvalue weighted by Gasteiger charge is -2.15. The number of esters is 1. The molecule has 3 rings (SSSR count). The number of carbonyl (C=O) groups excluding carboxylic acids is 1. The molecule has 0 aliphatic carbocycles. The number of hydrogen-bond donors (Lipinski definition) is 0. The molecule has 0 atom stereocenters. The summed E-state index contributed by atoms with van der Waals surface area (Å²) in [5, 5.41) is 9.79. The third-order valence-corrected chi connectivity index (χ3v) is 5.23. The van der Waals surface area contributed by atoms with Crippen molar-refractivity contribution in [2.24, 2.45) is 7.05 Å². The highest BCUT2D eigenvalue weighted by atomic mass is 16.7. The van der Waals surface area contributed by atoms with Crippen LogP contribution in [-0.2, 0) is 27.5 Å². The molecule has 29 heavy (non-hydrogen) atoms. The zero-order valence-electron chi connectivity index (χ0n) is 17.5. The highest BCUT2D eigenvalue weighted by molar-refractivity contribution is 6.62. The molecule has 1 aliphatic heterocycles. The van der Waals surface area contributed by atoms with E-state index >= 15 is 0 Å². The molecule has 2 aromatic rings. The molecule has 0 N–H and O–H groups in total. The summed E-state index contributed by atoms with van der Waals surface area (Å²) in [6.07, 6.45) is 0.630. The van der Waals surface area contributed by atoms with Crippen LogP contribution in [0.4, 0.5) is 0 Å². The lowest BCUT2D eigenvalue weighted by molar-refractivity contribution is 0.0516. The highest BCUT2D eigenvalue weighted by Crippen LogP contribution is 2.33. The molecule has 0 saturated carbocycles. The number of rotatable bonds is 5. The Labute approximate surface area is 171 Å². The summed E-state index contributed by atoms with van der Waals surface area (Å²) in [6.45, 7) is 11.7. The highest BCUT2D eigenvalue weighted by Gasteiger charge is 2.42. The summed E-state index contributed by atoms with van der Waals surface area (Å²) in [5.41, 5.74) is 3.32. The molecule has 6 nitrogen and oxygen atoms in total. The lowest BCUT2D eigenvalue weighted by atomic mass is 9.78. The van der Waals surface area contributed by atoms with Gasteiger partial charge in [0.05, 0.1) is 17.9 Å². The predicted molar refractivity (Wildman–Crippen MR) is 112 cm³/mol. The predicted octanol–water partition coefficient (Wildman–Crippen LogP) is 3.34. The average Bonchev–Trinajstić information content (AvgIpc) is 3.13. The van der Waals surface area contributed by atoms with E-state index in [1.807, 2.05) is 45.0 Å². The van der Waals surface area contributed by atoms with Crippen molar-refractivity contribution in [3.8, 4) is 17.2 Å². The smallest absolute Gasteiger partial charge is 0.534 e. The Kier molecular flexibility index (Phi) is 5.58. The molecule has 1 fully saturated rings. The van der Waals surface area contributed by atoms with Crippen LogP contribution in [0.25, 0.3) is 11.1 Å². The second-order valence-corrected chi connectivity index (χ2v) is 7.41. The van der Waals surface area contributed by atoms with Gasteiger partial charge in [0, 0.05) is 18.3 Å². The van der Waals surface area contributed by atoms with Gasteiger partial charge in [-0.2, -0.15) is 5.26 Å². The molecule has 1 saturated heterocycles. The Morgan fingerprint density at radius 2 is 1.97 bits per heavy atom. The van der Waals surface area contributed by atoms with Gasteiger partial charge in [-0.05, 0) is 38.2 Å². The Morgan fingerprint density at radius 1 is 1.31 bits per heavy atom. The third-order valence-electron chi connectivity index (χ3n) is 5.23. The van der Waals surface area contributed by atoms with E-state index < -0.39 is 18.7 Å². The first kappa shape index (κ1) is 20.8. The lowest BCUT2D eigenvalue weighted by Crippen LogP contribution is -2.34. The zero-order chi connectivity index (χ0) is 21.3. The van der Waals surface area contributed by atoms with Crippen molar-refractivity contribution < 1.29 is 18.8 Å². The van der Waals surface area contributed by atoms with Gasteiger partial charge < -0.3 is 18.6 Å². The normalized spacial score (nSPS) is 15.2. The average molecular weight is 392 g/mol. The fraction of sp³-hybridized carbons (Fsp3) is 0.364. The molecule has 150 valence electrons. The van der Waals surface area contributed by atoms with E-state index in [0.717, 1.165) is 16.7 Å². The molecule has 2 heterocycles. The fourth-order valence-electron chi connectivity index (χ4n) is 3.56. The summed E-state index contributed by atoms with van der Waals surface area (Å²) in [6, 6.07) is 9.76. The summed E-state index contributed by atoms with van der Waals surface area (Å²) < 4.78 is 18.7. The number of benzene rings is 1. The Balaban J connectivity index is 2.06. The summed E-state index contributed by atoms with van der Waals surface area (Å²) >= 11 is 0. The first-order valence-corrected chi connectivity index (χ1v) is 9.68. The molecule has 0 unspecified atom stereocenters. The Hall–Kier alpha value is -2.98. The van der Waals surface area contributed by atoms with Gasteiger partial charge in [0.1, 0.15) is 17.4 Å². The third kappa shape index (κ3) is 3.56. The van der Waals surface area contributed by atoms with Crippen molar-refractivity contribution in [3.05, 3.63) is 53.6 Å². The van der Waals surface area contributed by atoms with Crippen molar-refractivity contribution in [1.29, 1.82) is 5.26 Å². The monoisotopic (exact) mass is 392 g/mol. The molecule has 7 heteroatoms. The van der Waals surface area contributed by atoms with E-state index in [2.05, 4.69) is 12.6 Å². The summed E-state index contributed by atoms with van der Waals surface area (Å²) in [7, 11) is 1.26. The van der Waals surface area contributed by atoms with E-state index in [4.69, 9.17) is 14.0 Å². The maximum Gasteiger partial charge on any atom is 0.563 e. The van der Waals surface area contributed by atoms with Gasteiger partial charge in [-0.25, -0.2) is 4.79 Å². The summed E-state index contributed by atoms with van der Waals surface area (Å²) in [5.74, 6) is 0.143. The number of ether oxygens (including phenoxy) is 1. The van der Waals surface area contributed by atoms with Gasteiger partial charge in [-0.15, -0.1) is 0 Å². The van der Waals surface area contributed by atoms with Crippen molar-refractivity contribution in [2.45, 2.75) is 39.7 Å². The van der Waals surface area contributed by atoms with E-state index in [1.54, 1.807) is 18.5 Å². The molecule has 1 aliphatic rings. The number of carbonyl (C=O) groups is 1. The minimum Gasteiger partial charge on any atom is -0.534 e. The van der Waals surface area contributed by atoms with Crippen molar-refractivity contribution in [2.75, 3.05) is 6.61 Å². The van der Waals surface area contributed by atoms with Crippen LogP contribution in [0.15, 0.2) is 36.6 Å². The van der Waals surface area contributed by atoms with Crippen LogP contribution in [0, 0.1) is 11.3 Å². The van der Waals surface area contributed by atoms with E-state index in [0.29, 0.717) is 29.0 Å². The first-order valence-electron chi connectivity index (χ1n) is 9.68. The van der Waals surface area contributed by atoms with Crippen LogP contribution in [0.3, 0.4) is 0 Å². The minimum atomic E-state index is -0.552. The molecular weight excluding hydrogens is 367 g/mol. The van der Waals surface area contributed by atoms with Gasteiger partial charge in [0.15, 0.2) is 0 Å². The van der Waals surface area contributed by atoms with Crippen molar-refractivity contribution in [3.63, 3.8) is 0 Å². The largest absolute Gasteiger partial charge is 0.563 e. The Morgan fingerprint density at radius 3 is 2.45 bits per heavy atom. The van der Waals surface area contributed by atoms with Crippen LogP contribution in [0.1, 0.15) is 49.4 Å². The molecule has 1 aromatic carbocycles. The molecule has 0 spiro atoms. The number of hydrogen-bond acceptors (Lipinski definition) is 5. The maximum absolute atomic E-state index is 12.6. The van der Waals surface area contributed by atoms with E-state index in [1.165, 1.54) is 0 Å². The maximum atomic E-state index is 12.6. The van der Waals surface area contributed by atoms with Gasteiger partial charge in [0.2, 0.25) is 0 Å². The van der Waals surface area contributed by atoms with Gasteiger partial charge >= 0.3 is 13.1 Å². The number of aromatic nitrogens is 1. The molecule has 0 radical (unpaired) electrons. The minimum absolute atomic E-state index is 0.266. The molecule has 1 aromatic heterocycles. The van der Waals surface area contributed by atoms with E-state index in [-0.39, 0.29) is 6.61 Å². The first-order chi connectivity index (χ1) is 13.7. The fourth-order valence-corrected chi connectivity index (χ4v) is 3.56. The van der Waals surface area contributed by atoms with Gasteiger partial charge in [-0.1, -0.05) is 37.8 Å². The summed E-state index contributed by atoms with van der Waals surface area (Å²) in [4.78, 5) is 12.6. The number of nitrogens with zero attached hydrogens (tertiary/aromatic N) is 2. The topological polar surface area (TPSA) is 73.5 Å². The van der Waals surface area contributed by atoms with Crippen LogP contribution in [-0.4, -0.2) is 29.9 Å². The standard InChI is InChI=1S/C22H25BN2O4/c1-7-18-17(13-24)19(20(25(18)6)21(26)27-8-2)15-9-11-16(12-10-15)23-28-14(3)22(4,5)29-23/h9-12H,3,7-8H2,1-2,4-6H3. The number of nitriles is 1. The Bertz CT molecular complexity index is 999.